The number of esters is 1. The number of aliphatic hydroxyl groups is 1. The summed E-state index contributed by atoms with van der Waals surface area (Å²) >= 11 is 0.879. The molecule has 2 heterocycles. The smallest absolute Gasteiger partial charge is 0.350 e. The predicted molar refractivity (Wildman–Crippen MR) is 144 cm³/mol. The summed E-state index contributed by atoms with van der Waals surface area (Å²) in [5.41, 5.74) is 0.719. The fraction of sp³-hybridized carbons (Fsp3) is 0.214. The summed E-state index contributed by atoms with van der Waals surface area (Å²) in [7, 11) is 1.36. The van der Waals surface area contributed by atoms with Crippen molar-refractivity contribution in [3.63, 3.8) is 0 Å². The lowest BCUT2D eigenvalue weighted by Gasteiger charge is -2.23. The highest BCUT2D eigenvalue weighted by Gasteiger charge is 2.48. The molecule has 1 aliphatic rings. The van der Waals surface area contributed by atoms with Crippen LogP contribution in [0, 0.1) is 6.92 Å². The Morgan fingerprint density at radius 1 is 1.23 bits per heavy atom. The van der Waals surface area contributed by atoms with Crippen LogP contribution in [-0.2, 0) is 14.3 Å². The molecule has 202 valence electrons. The molecule has 11 heteroatoms. The van der Waals surface area contributed by atoms with Gasteiger partial charge >= 0.3 is 11.9 Å². The highest BCUT2D eigenvalue weighted by molar-refractivity contribution is 7.17. The molecule has 39 heavy (non-hydrogen) atoms. The van der Waals surface area contributed by atoms with Crippen molar-refractivity contribution < 1.29 is 38.8 Å². The first kappa shape index (κ1) is 27.4. The maximum atomic E-state index is 13.5. The number of phenolic OH excluding ortho intramolecular Hbond substituents is 1. The van der Waals surface area contributed by atoms with Gasteiger partial charge in [0, 0.05) is 5.56 Å². The molecule has 1 atom stereocenters. The number of phenols is 1. The molecule has 1 saturated heterocycles. The number of aryl methyl sites for hydroxylation is 1. The number of aromatic hydroxyl groups is 1. The third kappa shape index (κ3) is 5.21. The van der Waals surface area contributed by atoms with Crippen LogP contribution in [0.3, 0.4) is 0 Å². The number of carbonyl (C=O) groups is 3. The summed E-state index contributed by atoms with van der Waals surface area (Å²) in [6, 6.07) is 9.66. The summed E-state index contributed by atoms with van der Waals surface area (Å²) < 4.78 is 15.9. The number of benzene rings is 2. The highest BCUT2D eigenvalue weighted by Crippen LogP contribution is 2.45. The number of aromatic nitrogens is 1. The molecule has 0 bridgehead atoms. The lowest BCUT2D eigenvalue weighted by molar-refractivity contribution is -0.132. The van der Waals surface area contributed by atoms with Gasteiger partial charge < -0.3 is 24.4 Å². The third-order valence-corrected chi connectivity index (χ3v) is 7.03. The van der Waals surface area contributed by atoms with E-state index in [1.54, 1.807) is 31.2 Å². The molecular weight excluding hydrogens is 524 g/mol. The lowest BCUT2D eigenvalue weighted by Crippen LogP contribution is -2.29. The van der Waals surface area contributed by atoms with Crippen molar-refractivity contribution in [1.29, 1.82) is 0 Å². The second kappa shape index (κ2) is 11.4. The van der Waals surface area contributed by atoms with Crippen LogP contribution < -0.4 is 14.4 Å². The van der Waals surface area contributed by atoms with E-state index >= 15 is 0 Å². The summed E-state index contributed by atoms with van der Waals surface area (Å²) in [6.07, 6.45) is 1.42. The number of hydrogen-bond acceptors (Lipinski definition) is 10. The molecule has 1 aromatic heterocycles. The largest absolute Gasteiger partial charge is 0.507 e. The molecule has 0 aliphatic carbocycles. The number of nitrogens with zero attached hydrogens (tertiary/aromatic N) is 2. The van der Waals surface area contributed by atoms with E-state index in [9.17, 15) is 24.6 Å². The Hall–Kier alpha value is -4.64. The molecule has 3 aromatic rings. The standard InChI is InChI=1S/C28H26N2O8S/c1-5-12-38-27(35)25-15(3)29-28(39-25)30-22(16-10-11-19(31)20(14-16)36-4)21(24(33)26(30)34)23(32)17-8-7-9-18(13-17)37-6-2/h5,7-11,13-14,22,31-32H,1,6,12H2,2-4H3. The summed E-state index contributed by atoms with van der Waals surface area (Å²) in [6.45, 7) is 7.30. The number of carbonyl (C=O) groups excluding carboxylic acids is 3. The van der Waals surface area contributed by atoms with Crippen molar-refractivity contribution in [3.05, 3.63) is 82.4 Å². The average molecular weight is 551 g/mol. The summed E-state index contributed by atoms with van der Waals surface area (Å²) in [5, 5.41) is 21.6. The van der Waals surface area contributed by atoms with Gasteiger partial charge in [0.1, 0.15) is 23.0 Å². The number of hydrogen-bond donors (Lipinski definition) is 2. The molecule has 2 N–H and O–H groups in total. The van der Waals surface area contributed by atoms with E-state index < -0.39 is 29.5 Å². The van der Waals surface area contributed by atoms with Crippen molar-refractivity contribution in [3.8, 4) is 17.2 Å². The fourth-order valence-corrected chi connectivity index (χ4v) is 5.13. The number of methoxy groups -OCH3 is 1. The minimum atomic E-state index is -1.15. The van der Waals surface area contributed by atoms with Gasteiger partial charge in [0.15, 0.2) is 16.6 Å². The van der Waals surface area contributed by atoms with Crippen LogP contribution in [0.1, 0.15) is 39.5 Å². The van der Waals surface area contributed by atoms with Crippen molar-refractivity contribution >= 4 is 39.9 Å². The molecule has 1 fully saturated rings. The number of thiazole rings is 1. The van der Waals surface area contributed by atoms with Gasteiger partial charge in [0.05, 0.1) is 31.0 Å². The van der Waals surface area contributed by atoms with Gasteiger partial charge in [0.25, 0.3) is 5.78 Å². The minimum Gasteiger partial charge on any atom is -0.507 e. The monoisotopic (exact) mass is 550 g/mol. The first-order chi connectivity index (χ1) is 18.7. The van der Waals surface area contributed by atoms with Crippen LogP contribution in [0.4, 0.5) is 5.13 Å². The SMILES string of the molecule is C=CCOC(=O)c1sc(N2C(=O)C(=O)C(=C(O)c3cccc(OCC)c3)C2c2ccc(O)c(OC)c2)nc1C. The number of anilines is 1. The van der Waals surface area contributed by atoms with Crippen LogP contribution in [0.2, 0.25) is 0 Å². The number of aliphatic hydroxyl groups excluding tert-OH is 1. The van der Waals surface area contributed by atoms with Gasteiger partial charge in [-0.05, 0) is 43.7 Å². The van der Waals surface area contributed by atoms with E-state index in [2.05, 4.69) is 11.6 Å². The Balaban J connectivity index is 1.91. The second-order valence-corrected chi connectivity index (χ2v) is 9.34. The molecule has 0 saturated carbocycles. The predicted octanol–water partition coefficient (Wildman–Crippen LogP) is 4.53. The lowest BCUT2D eigenvalue weighted by atomic mass is 9.95. The maximum absolute atomic E-state index is 13.5. The van der Waals surface area contributed by atoms with E-state index in [0.717, 1.165) is 16.2 Å². The maximum Gasteiger partial charge on any atom is 0.350 e. The average Bonchev–Trinajstić information content (AvgIpc) is 3.44. The topological polar surface area (TPSA) is 135 Å². The Morgan fingerprint density at radius 2 is 2.00 bits per heavy atom. The van der Waals surface area contributed by atoms with Crippen molar-refractivity contribution in [2.45, 2.75) is 19.9 Å². The summed E-state index contributed by atoms with van der Waals surface area (Å²) in [5.74, 6) is -2.56. The van der Waals surface area contributed by atoms with Crippen molar-refractivity contribution in [2.24, 2.45) is 0 Å². The van der Waals surface area contributed by atoms with E-state index in [1.165, 1.54) is 31.4 Å². The Bertz CT molecular complexity index is 1490. The molecule has 2 aromatic carbocycles. The first-order valence-electron chi connectivity index (χ1n) is 11.9. The first-order valence-corrected chi connectivity index (χ1v) is 12.7. The molecule has 4 rings (SSSR count). The van der Waals surface area contributed by atoms with Crippen LogP contribution in [0.15, 0.2) is 60.7 Å². The molecule has 10 nitrogen and oxygen atoms in total. The van der Waals surface area contributed by atoms with Crippen LogP contribution in [0.25, 0.3) is 5.76 Å². The van der Waals surface area contributed by atoms with Crippen LogP contribution >= 0.6 is 11.3 Å². The Kier molecular flexibility index (Phi) is 8.01. The van der Waals surface area contributed by atoms with Gasteiger partial charge in [-0.25, -0.2) is 9.78 Å². The van der Waals surface area contributed by atoms with Gasteiger partial charge in [-0.15, -0.1) is 0 Å². The van der Waals surface area contributed by atoms with Gasteiger partial charge in [-0.3, -0.25) is 14.5 Å². The normalized spacial score (nSPS) is 16.3. The molecule has 0 radical (unpaired) electrons. The van der Waals surface area contributed by atoms with E-state index in [0.29, 0.717) is 23.6 Å². The van der Waals surface area contributed by atoms with E-state index in [1.807, 2.05) is 6.92 Å². The van der Waals surface area contributed by atoms with Gasteiger partial charge in [-0.2, -0.15) is 0 Å². The zero-order valence-electron chi connectivity index (χ0n) is 21.5. The Morgan fingerprint density at radius 3 is 2.69 bits per heavy atom. The van der Waals surface area contributed by atoms with Crippen LogP contribution in [0.5, 0.6) is 17.2 Å². The van der Waals surface area contributed by atoms with Crippen molar-refractivity contribution in [1.82, 2.24) is 4.98 Å². The van der Waals surface area contributed by atoms with E-state index in [-0.39, 0.29) is 39.3 Å². The number of ether oxygens (including phenoxy) is 3. The van der Waals surface area contributed by atoms with Gasteiger partial charge in [0.2, 0.25) is 0 Å². The molecule has 1 unspecified atom stereocenters. The number of Topliss-reactive ketones (excluding diaryl/α,β-unsaturated/α-hetero) is 1. The fourth-order valence-electron chi connectivity index (χ4n) is 4.14. The quantitative estimate of drug-likeness (QED) is 0.129. The molecular formula is C28H26N2O8S. The van der Waals surface area contributed by atoms with Gasteiger partial charge in [-0.1, -0.05) is 42.2 Å². The zero-order valence-corrected chi connectivity index (χ0v) is 22.3. The third-order valence-electron chi connectivity index (χ3n) is 5.89. The van der Waals surface area contributed by atoms with Crippen LogP contribution in [-0.4, -0.2) is 53.2 Å². The van der Waals surface area contributed by atoms with E-state index in [4.69, 9.17) is 14.2 Å². The second-order valence-electron chi connectivity index (χ2n) is 8.36. The molecule has 0 spiro atoms. The Labute approximate surface area is 228 Å². The number of ketones is 1. The zero-order chi connectivity index (χ0) is 28.3. The summed E-state index contributed by atoms with van der Waals surface area (Å²) in [4.78, 5) is 45.1. The highest BCUT2D eigenvalue weighted by atomic mass is 32.1. The molecule has 1 amide bonds. The molecule has 1 aliphatic heterocycles. The number of rotatable bonds is 9. The van der Waals surface area contributed by atoms with Crippen molar-refractivity contribution in [2.75, 3.05) is 25.2 Å². The number of amides is 1. The minimum absolute atomic E-state index is 0.00979.